The summed E-state index contributed by atoms with van der Waals surface area (Å²) in [6.45, 7) is 2.89. The van der Waals surface area contributed by atoms with E-state index in [4.69, 9.17) is 11.6 Å². The maximum absolute atomic E-state index is 12.6. The van der Waals surface area contributed by atoms with Crippen molar-refractivity contribution in [3.63, 3.8) is 0 Å². The number of carbonyl (C=O) groups excluding carboxylic acids is 1. The van der Waals surface area contributed by atoms with Crippen LogP contribution in [0.15, 0.2) is 59.4 Å². The number of piperazine rings is 1. The molecule has 0 unspecified atom stereocenters. The van der Waals surface area contributed by atoms with E-state index in [0.717, 1.165) is 29.7 Å². The topological polar surface area (TPSA) is 56.4 Å². The molecule has 1 fully saturated rings. The van der Waals surface area contributed by atoms with E-state index in [1.807, 2.05) is 23.1 Å². The fraction of sp³-hybridized carbons (Fsp3) is 0.200. The Morgan fingerprint density at radius 1 is 0.923 bits per heavy atom. The molecule has 0 bridgehead atoms. The van der Waals surface area contributed by atoms with Crippen LogP contribution in [-0.4, -0.2) is 42.0 Å². The molecule has 4 rings (SSSR count). The van der Waals surface area contributed by atoms with Crippen molar-refractivity contribution in [2.45, 2.75) is 0 Å². The summed E-state index contributed by atoms with van der Waals surface area (Å²) in [7, 11) is 0. The van der Waals surface area contributed by atoms with Crippen molar-refractivity contribution in [1.29, 1.82) is 0 Å². The van der Waals surface area contributed by atoms with E-state index < -0.39 is 0 Å². The Morgan fingerprint density at radius 3 is 2.38 bits per heavy atom. The molecule has 1 amide bonds. The van der Waals surface area contributed by atoms with Crippen molar-refractivity contribution in [2.24, 2.45) is 0 Å². The first kappa shape index (κ1) is 16.7. The maximum atomic E-state index is 12.6. The Balaban J connectivity index is 1.46. The van der Waals surface area contributed by atoms with E-state index in [0.29, 0.717) is 23.7 Å². The normalized spacial score (nSPS) is 14.7. The zero-order valence-electron chi connectivity index (χ0n) is 14.1. The van der Waals surface area contributed by atoms with Crippen molar-refractivity contribution >= 4 is 34.1 Å². The first-order valence-corrected chi connectivity index (χ1v) is 8.91. The van der Waals surface area contributed by atoms with E-state index in [9.17, 15) is 9.59 Å². The summed E-state index contributed by atoms with van der Waals surface area (Å²) in [5.41, 5.74) is 2.50. The van der Waals surface area contributed by atoms with Crippen molar-refractivity contribution in [3.05, 3.63) is 75.5 Å². The second-order valence-corrected chi connectivity index (χ2v) is 6.82. The summed E-state index contributed by atoms with van der Waals surface area (Å²) in [6.07, 6.45) is 0. The third kappa shape index (κ3) is 3.30. The molecule has 0 saturated carbocycles. The van der Waals surface area contributed by atoms with Crippen LogP contribution in [0, 0.1) is 0 Å². The van der Waals surface area contributed by atoms with Crippen LogP contribution >= 0.6 is 11.6 Å². The molecule has 0 aliphatic carbocycles. The zero-order chi connectivity index (χ0) is 18.1. The summed E-state index contributed by atoms with van der Waals surface area (Å²) in [6, 6.07) is 16.4. The lowest BCUT2D eigenvalue weighted by Gasteiger charge is -2.36. The maximum Gasteiger partial charge on any atom is 0.253 e. The molecule has 0 atom stereocenters. The molecule has 1 aromatic heterocycles. The van der Waals surface area contributed by atoms with Gasteiger partial charge in [0.05, 0.1) is 0 Å². The predicted octanol–water partition coefficient (Wildman–Crippen LogP) is 3.14. The number of fused-ring (bicyclic) bond motifs is 1. The second-order valence-electron chi connectivity index (χ2n) is 6.38. The van der Waals surface area contributed by atoms with E-state index in [1.165, 1.54) is 6.07 Å². The van der Waals surface area contributed by atoms with Crippen LogP contribution in [0.25, 0.3) is 10.9 Å². The lowest BCUT2D eigenvalue weighted by atomic mass is 10.1. The van der Waals surface area contributed by atoms with Gasteiger partial charge in [-0.2, -0.15) is 0 Å². The van der Waals surface area contributed by atoms with Crippen LogP contribution in [0.3, 0.4) is 0 Å². The fourth-order valence-electron chi connectivity index (χ4n) is 3.28. The highest BCUT2D eigenvalue weighted by Crippen LogP contribution is 2.22. The van der Waals surface area contributed by atoms with Gasteiger partial charge in [0, 0.05) is 59.4 Å². The average molecular weight is 368 g/mol. The minimum Gasteiger partial charge on any atom is -0.368 e. The minimum atomic E-state index is -0.0976. The average Bonchev–Trinajstić information content (AvgIpc) is 2.68. The number of carbonyl (C=O) groups is 1. The number of hydrogen-bond donors (Lipinski definition) is 1. The standard InChI is InChI=1S/C20H18ClN3O2/c21-16-4-1-14(2-5-16)20(26)24-11-9-23(10-12-24)17-6-7-18-15(13-17)3-8-19(25)22-18/h1-8,13H,9-12H2,(H,22,25). The molecule has 132 valence electrons. The molecule has 0 radical (unpaired) electrons. The van der Waals surface area contributed by atoms with Gasteiger partial charge in [-0.3, -0.25) is 9.59 Å². The molecule has 2 heterocycles. The molecule has 2 aromatic carbocycles. The monoisotopic (exact) mass is 367 g/mol. The Bertz CT molecular complexity index is 1010. The molecule has 3 aromatic rings. The summed E-state index contributed by atoms with van der Waals surface area (Å²) < 4.78 is 0. The van der Waals surface area contributed by atoms with Crippen LogP contribution < -0.4 is 10.5 Å². The Kier molecular flexibility index (Phi) is 4.39. The van der Waals surface area contributed by atoms with Gasteiger partial charge in [0.1, 0.15) is 0 Å². The number of halogens is 1. The van der Waals surface area contributed by atoms with Crippen LogP contribution in [0.2, 0.25) is 5.02 Å². The molecule has 6 heteroatoms. The highest BCUT2D eigenvalue weighted by Gasteiger charge is 2.22. The Labute approximate surface area is 155 Å². The van der Waals surface area contributed by atoms with Crippen LogP contribution in [0.4, 0.5) is 5.69 Å². The molecule has 5 nitrogen and oxygen atoms in total. The summed E-state index contributed by atoms with van der Waals surface area (Å²) in [5, 5.41) is 1.63. The minimum absolute atomic E-state index is 0.0393. The number of anilines is 1. The van der Waals surface area contributed by atoms with Crippen molar-refractivity contribution in [1.82, 2.24) is 9.88 Å². The smallest absolute Gasteiger partial charge is 0.253 e. The van der Waals surface area contributed by atoms with E-state index in [1.54, 1.807) is 24.3 Å². The predicted molar refractivity (Wildman–Crippen MR) is 104 cm³/mol. The SMILES string of the molecule is O=C(c1ccc(Cl)cc1)N1CCN(c2ccc3[nH]c(=O)ccc3c2)CC1. The second kappa shape index (κ2) is 6.84. The van der Waals surface area contributed by atoms with Gasteiger partial charge in [0.25, 0.3) is 5.91 Å². The number of aromatic amines is 1. The van der Waals surface area contributed by atoms with Gasteiger partial charge in [-0.15, -0.1) is 0 Å². The lowest BCUT2D eigenvalue weighted by molar-refractivity contribution is 0.0747. The molecule has 1 aliphatic rings. The van der Waals surface area contributed by atoms with Crippen LogP contribution in [-0.2, 0) is 0 Å². The molecule has 26 heavy (non-hydrogen) atoms. The molecular weight excluding hydrogens is 350 g/mol. The quantitative estimate of drug-likeness (QED) is 0.757. The van der Waals surface area contributed by atoms with Crippen molar-refractivity contribution < 1.29 is 4.79 Å². The Hall–Kier alpha value is -2.79. The number of hydrogen-bond acceptors (Lipinski definition) is 3. The van der Waals surface area contributed by atoms with E-state index >= 15 is 0 Å². The van der Waals surface area contributed by atoms with E-state index in [2.05, 4.69) is 16.0 Å². The van der Waals surface area contributed by atoms with Gasteiger partial charge in [-0.25, -0.2) is 0 Å². The highest BCUT2D eigenvalue weighted by molar-refractivity contribution is 6.30. The zero-order valence-corrected chi connectivity index (χ0v) is 14.9. The molecule has 0 spiro atoms. The number of nitrogens with one attached hydrogen (secondary N) is 1. The van der Waals surface area contributed by atoms with Gasteiger partial charge in [-0.1, -0.05) is 11.6 Å². The van der Waals surface area contributed by atoms with Crippen LogP contribution in [0.1, 0.15) is 10.4 Å². The van der Waals surface area contributed by atoms with Crippen molar-refractivity contribution in [3.8, 4) is 0 Å². The lowest BCUT2D eigenvalue weighted by Crippen LogP contribution is -2.48. The number of rotatable bonds is 2. The fourth-order valence-corrected chi connectivity index (χ4v) is 3.41. The number of aromatic nitrogens is 1. The van der Waals surface area contributed by atoms with E-state index in [-0.39, 0.29) is 11.5 Å². The highest BCUT2D eigenvalue weighted by atomic mass is 35.5. The third-order valence-electron chi connectivity index (χ3n) is 4.73. The number of amides is 1. The third-order valence-corrected chi connectivity index (χ3v) is 4.98. The number of pyridine rings is 1. The first-order chi connectivity index (χ1) is 12.6. The summed E-state index contributed by atoms with van der Waals surface area (Å²) >= 11 is 5.89. The van der Waals surface area contributed by atoms with Gasteiger partial charge in [0.2, 0.25) is 5.56 Å². The van der Waals surface area contributed by atoms with Crippen LogP contribution in [0.5, 0.6) is 0 Å². The number of benzene rings is 2. The molecule has 1 saturated heterocycles. The largest absolute Gasteiger partial charge is 0.368 e. The number of nitrogens with zero attached hydrogens (tertiary/aromatic N) is 2. The number of H-pyrrole nitrogens is 1. The van der Waals surface area contributed by atoms with Gasteiger partial charge >= 0.3 is 0 Å². The summed E-state index contributed by atoms with van der Waals surface area (Å²) in [4.78, 5) is 30.9. The van der Waals surface area contributed by atoms with Gasteiger partial charge in [0.15, 0.2) is 0 Å². The Morgan fingerprint density at radius 2 is 1.65 bits per heavy atom. The first-order valence-electron chi connectivity index (χ1n) is 8.53. The van der Waals surface area contributed by atoms with Gasteiger partial charge in [-0.05, 0) is 48.5 Å². The van der Waals surface area contributed by atoms with Gasteiger partial charge < -0.3 is 14.8 Å². The molecule has 1 aliphatic heterocycles. The summed E-state index contributed by atoms with van der Waals surface area (Å²) in [5.74, 6) is 0.0393. The van der Waals surface area contributed by atoms with Crippen molar-refractivity contribution in [2.75, 3.05) is 31.1 Å². The molecule has 1 N–H and O–H groups in total. The molecular formula is C20H18ClN3O2.